The molecule has 5 nitrogen and oxygen atoms in total. The van der Waals surface area contributed by atoms with Crippen molar-refractivity contribution in [3.05, 3.63) is 35.9 Å². The molecule has 0 bridgehead atoms. The highest BCUT2D eigenvalue weighted by molar-refractivity contribution is 5.82. The summed E-state index contributed by atoms with van der Waals surface area (Å²) in [6.45, 7) is 8.38. The van der Waals surface area contributed by atoms with Gasteiger partial charge < -0.3 is 10.1 Å². The molecule has 0 spiro atoms. The van der Waals surface area contributed by atoms with Crippen LogP contribution >= 0.6 is 0 Å². The molecule has 2 atom stereocenters. The van der Waals surface area contributed by atoms with Gasteiger partial charge in [-0.1, -0.05) is 30.3 Å². The van der Waals surface area contributed by atoms with Crippen molar-refractivity contribution in [1.82, 2.24) is 15.1 Å². The number of carbonyl (C=O) groups is 1. The molecule has 23 heavy (non-hydrogen) atoms. The molecular weight excluding hydrogens is 290 g/mol. The smallest absolute Gasteiger partial charge is 0.237 e. The summed E-state index contributed by atoms with van der Waals surface area (Å²) >= 11 is 0. The lowest BCUT2D eigenvalue weighted by Gasteiger charge is -2.40. The van der Waals surface area contributed by atoms with Crippen LogP contribution in [0.25, 0.3) is 0 Å². The first-order chi connectivity index (χ1) is 11.2. The third-order valence-electron chi connectivity index (χ3n) is 4.69. The molecule has 1 aromatic rings. The Morgan fingerprint density at radius 3 is 2.65 bits per heavy atom. The second kappa shape index (κ2) is 7.90. The molecule has 1 aromatic carbocycles. The maximum atomic E-state index is 12.5. The summed E-state index contributed by atoms with van der Waals surface area (Å²) in [4.78, 5) is 17.1. The van der Waals surface area contributed by atoms with Crippen LogP contribution in [-0.2, 0) is 16.1 Å². The maximum Gasteiger partial charge on any atom is 0.237 e. The Balaban J connectivity index is 1.44. The van der Waals surface area contributed by atoms with Crippen LogP contribution in [0.3, 0.4) is 0 Å². The van der Waals surface area contributed by atoms with Crippen LogP contribution in [0.15, 0.2) is 30.3 Å². The highest BCUT2D eigenvalue weighted by Gasteiger charge is 2.34. The quantitative estimate of drug-likeness (QED) is 0.853. The van der Waals surface area contributed by atoms with Gasteiger partial charge in [-0.3, -0.25) is 14.6 Å². The van der Waals surface area contributed by atoms with E-state index in [2.05, 4.69) is 46.3 Å². The number of amides is 1. The van der Waals surface area contributed by atoms with E-state index >= 15 is 0 Å². The Kier molecular flexibility index (Phi) is 5.65. The molecule has 1 N–H and O–H groups in total. The number of ether oxygens (including phenoxy) is 1. The monoisotopic (exact) mass is 317 g/mol. The number of carbonyl (C=O) groups excluding carboxylic acids is 1. The van der Waals surface area contributed by atoms with Gasteiger partial charge in [-0.15, -0.1) is 0 Å². The molecule has 126 valence electrons. The second-order valence-corrected chi connectivity index (χ2v) is 6.58. The minimum Gasteiger partial charge on any atom is -0.379 e. The van der Waals surface area contributed by atoms with Gasteiger partial charge in [0.05, 0.1) is 19.3 Å². The predicted octanol–water partition coefficient (Wildman–Crippen LogP) is 1.10. The average Bonchev–Trinajstić information content (AvgIpc) is 2.53. The first kappa shape index (κ1) is 16.4. The summed E-state index contributed by atoms with van der Waals surface area (Å²) < 4.78 is 5.36. The van der Waals surface area contributed by atoms with Gasteiger partial charge in [-0.2, -0.15) is 0 Å². The Labute approximate surface area is 138 Å². The summed E-state index contributed by atoms with van der Waals surface area (Å²) in [5.74, 6) is 0.174. The number of hydrogen-bond acceptors (Lipinski definition) is 4. The van der Waals surface area contributed by atoms with Gasteiger partial charge in [0.25, 0.3) is 0 Å². The normalized spacial score (nSPS) is 24.0. The Hall–Kier alpha value is -1.43. The van der Waals surface area contributed by atoms with Crippen LogP contribution in [0.4, 0.5) is 0 Å². The number of rotatable bonds is 6. The molecular formula is C18H27N3O2. The van der Waals surface area contributed by atoms with Crippen molar-refractivity contribution < 1.29 is 9.53 Å². The second-order valence-electron chi connectivity index (χ2n) is 6.58. The van der Waals surface area contributed by atoms with Crippen LogP contribution in [-0.4, -0.2) is 67.2 Å². The molecule has 2 heterocycles. The number of benzene rings is 1. The summed E-state index contributed by atoms with van der Waals surface area (Å²) in [5, 5.41) is 3.18. The van der Waals surface area contributed by atoms with E-state index in [1.807, 2.05) is 6.07 Å². The zero-order chi connectivity index (χ0) is 16.1. The predicted molar refractivity (Wildman–Crippen MR) is 90.1 cm³/mol. The van der Waals surface area contributed by atoms with Gasteiger partial charge in [0.1, 0.15) is 0 Å². The van der Waals surface area contributed by atoms with Crippen LogP contribution in [0.5, 0.6) is 0 Å². The SMILES string of the molecule is CC(CN1CCOCC1)NC(=O)C1CCN1Cc1ccccc1. The topological polar surface area (TPSA) is 44.8 Å². The highest BCUT2D eigenvalue weighted by atomic mass is 16.5. The van der Waals surface area contributed by atoms with Crippen LogP contribution in [0.1, 0.15) is 18.9 Å². The minimum absolute atomic E-state index is 0.0299. The third-order valence-corrected chi connectivity index (χ3v) is 4.69. The minimum atomic E-state index is 0.0299. The Morgan fingerprint density at radius 2 is 2.00 bits per heavy atom. The zero-order valence-corrected chi connectivity index (χ0v) is 13.9. The molecule has 3 rings (SSSR count). The van der Waals surface area contributed by atoms with E-state index in [-0.39, 0.29) is 18.0 Å². The molecule has 0 saturated carbocycles. The molecule has 0 aromatic heterocycles. The number of morpholine rings is 1. The summed E-state index contributed by atoms with van der Waals surface area (Å²) in [7, 11) is 0. The van der Waals surface area contributed by atoms with Crippen molar-refractivity contribution in [2.24, 2.45) is 0 Å². The number of likely N-dealkylation sites (tertiary alicyclic amines) is 1. The fourth-order valence-corrected chi connectivity index (χ4v) is 3.30. The first-order valence-electron chi connectivity index (χ1n) is 8.61. The van der Waals surface area contributed by atoms with Gasteiger partial charge in [0, 0.05) is 38.8 Å². The van der Waals surface area contributed by atoms with E-state index in [1.54, 1.807) is 0 Å². The molecule has 2 aliphatic rings. The van der Waals surface area contributed by atoms with Crippen molar-refractivity contribution in [2.75, 3.05) is 39.4 Å². The van der Waals surface area contributed by atoms with Gasteiger partial charge in [0.15, 0.2) is 0 Å². The molecule has 2 saturated heterocycles. The Bertz CT molecular complexity index is 502. The van der Waals surface area contributed by atoms with Crippen molar-refractivity contribution >= 4 is 5.91 Å². The van der Waals surface area contributed by atoms with Gasteiger partial charge in [-0.05, 0) is 18.9 Å². The Morgan fingerprint density at radius 1 is 1.26 bits per heavy atom. The summed E-state index contributed by atoms with van der Waals surface area (Å²) in [6, 6.07) is 10.6. The molecule has 2 aliphatic heterocycles. The highest BCUT2D eigenvalue weighted by Crippen LogP contribution is 2.20. The van der Waals surface area contributed by atoms with Crippen LogP contribution in [0, 0.1) is 0 Å². The van der Waals surface area contributed by atoms with Gasteiger partial charge >= 0.3 is 0 Å². The third kappa shape index (κ3) is 4.53. The van der Waals surface area contributed by atoms with E-state index in [9.17, 15) is 4.79 Å². The van der Waals surface area contributed by atoms with Crippen molar-refractivity contribution in [2.45, 2.75) is 32.0 Å². The van der Waals surface area contributed by atoms with E-state index in [0.717, 1.165) is 52.4 Å². The summed E-state index contributed by atoms with van der Waals surface area (Å²) in [6.07, 6.45) is 0.961. The number of nitrogens with zero attached hydrogens (tertiary/aromatic N) is 2. The average molecular weight is 317 g/mol. The van der Waals surface area contributed by atoms with Crippen molar-refractivity contribution in [1.29, 1.82) is 0 Å². The van der Waals surface area contributed by atoms with Crippen molar-refractivity contribution in [3.63, 3.8) is 0 Å². The fourth-order valence-electron chi connectivity index (χ4n) is 3.30. The molecule has 2 unspecified atom stereocenters. The fraction of sp³-hybridized carbons (Fsp3) is 0.611. The van der Waals surface area contributed by atoms with Gasteiger partial charge in [-0.25, -0.2) is 0 Å². The molecule has 0 aliphatic carbocycles. The van der Waals surface area contributed by atoms with E-state index in [1.165, 1.54) is 5.56 Å². The van der Waals surface area contributed by atoms with E-state index in [4.69, 9.17) is 4.74 Å². The summed E-state index contributed by atoms with van der Waals surface area (Å²) in [5.41, 5.74) is 1.27. The molecule has 1 amide bonds. The zero-order valence-electron chi connectivity index (χ0n) is 13.9. The molecule has 0 radical (unpaired) electrons. The lowest BCUT2D eigenvalue weighted by molar-refractivity contribution is -0.132. The number of nitrogens with one attached hydrogen (secondary N) is 1. The number of hydrogen-bond donors (Lipinski definition) is 1. The van der Waals surface area contributed by atoms with E-state index in [0.29, 0.717) is 0 Å². The van der Waals surface area contributed by atoms with Crippen LogP contribution in [0.2, 0.25) is 0 Å². The van der Waals surface area contributed by atoms with E-state index < -0.39 is 0 Å². The largest absolute Gasteiger partial charge is 0.379 e. The molecule has 5 heteroatoms. The maximum absolute atomic E-state index is 12.5. The first-order valence-corrected chi connectivity index (χ1v) is 8.61. The van der Waals surface area contributed by atoms with Gasteiger partial charge in [0.2, 0.25) is 5.91 Å². The standard InChI is InChI=1S/C18H27N3O2/c1-15(13-20-9-11-23-12-10-20)19-18(22)17-7-8-21(17)14-16-5-3-2-4-6-16/h2-6,15,17H,7-14H2,1H3,(H,19,22). The lowest BCUT2D eigenvalue weighted by atomic mass is 10.0. The lowest BCUT2D eigenvalue weighted by Crippen LogP contribution is -2.58. The molecule has 2 fully saturated rings. The van der Waals surface area contributed by atoms with Crippen molar-refractivity contribution in [3.8, 4) is 0 Å². The van der Waals surface area contributed by atoms with Crippen LogP contribution < -0.4 is 5.32 Å².